The molecule has 0 fully saturated rings. The highest BCUT2D eigenvalue weighted by Crippen LogP contribution is 2.21. The standard InChI is InChI=1S/C22H21N5O2/c1-29-18-4-2-3-15(13-18)11-12-24-20-9-10-21-25-14-19(27(21)26-20)16-5-7-17(8-6-16)22(23)28/h2-10,13-14H,11-12H2,1H3,(H2,23,28)(H,24,26). The minimum Gasteiger partial charge on any atom is -0.497 e. The second kappa shape index (κ2) is 8.02. The van der Waals surface area contributed by atoms with Crippen LogP contribution >= 0.6 is 0 Å². The number of primary amides is 1. The van der Waals surface area contributed by atoms with Crippen LogP contribution in [0, 0.1) is 0 Å². The van der Waals surface area contributed by atoms with Gasteiger partial charge in [-0.1, -0.05) is 24.3 Å². The molecule has 2 aromatic heterocycles. The molecule has 146 valence electrons. The van der Waals surface area contributed by atoms with Crippen molar-refractivity contribution in [3.8, 4) is 17.0 Å². The number of anilines is 1. The van der Waals surface area contributed by atoms with Crippen LogP contribution in [0.2, 0.25) is 0 Å². The number of nitrogens with two attached hydrogens (primary N) is 1. The molecule has 1 amide bonds. The number of hydrogen-bond acceptors (Lipinski definition) is 5. The summed E-state index contributed by atoms with van der Waals surface area (Å²) in [7, 11) is 1.67. The molecule has 4 aromatic rings. The first-order chi connectivity index (χ1) is 14.1. The Hall–Kier alpha value is -3.87. The Labute approximate surface area is 168 Å². The first-order valence-corrected chi connectivity index (χ1v) is 9.26. The van der Waals surface area contributed by atoms with Crippen molar-refractivity contribution in [3.05, 3.63) is 78.0 Å². The molecule has 0 aliphatic rings. The Kier molecular flexibility index (Phi) is 5.11. The molecule has 0 bridgehead atoms. The summed E-state index contributed by atoms with van der Waals surface area (Å²) in [5.74, 6) is 1.16. The third-order valence-corrected chi connectivity index (χ3v) is 4.68. The van der Waals surface area contributed by atoms with Crippen LogP contribution in [0.5, 0.6) is 5.75 Å². The van der Waals surface area contributed by atoms with Gasteiger partial charge in [-0.2, -0.15) is 0 Å². The molecule has 7 nitrogen and oxygen atoms in total. The van der Waals surface area contributed by atoms with Gasteiger partial charge in [-0.25, -0.2) is 9.50 Å². The molecule has 29 heavy (non-hydrogen) atoms. The molecular formula is C22H21N5O2. The maximum atomic E-state index is 11.3. The van der Waals surface area contributed by atoms with E-state index in [0.29, 0.717) is 5.56 Å². The van der Waals surface area contributed by atoms with Crippen LogP contribution in [-0.2, 0) is 6.42 Å². The van der Waals surface area contributed by atoms with E-state index in [2.05, 4.69) is 21.5 Å². The van der Waals surface area contributed by atoms with Crippen LogP contribution in [0.25, 0.3) is 16.9 Å². The zero-order valence-electron chi connectivity index (χ0n) is 16.0. The molecule has 0 aliphatic carbocycles. The summed E-state index contributed by atoms with van der Waals surface area (Å²) in [5, 5.41) is 8.01. The average Bonchev–Trinajstić information content (AvgIpc) is 3.17. The summed E-state index contributed by atoms with van der Waals surface area (Å²) >= 11 is 0. The summed E-state index contributed by atoms with van der Waals surface area (Å²) in [6.07, 6.45) is 2.61. The maximum absolute atomic E-state index is 11.3. The van der Waals surface area contributed by atoms with Gasteiger partial charge in [-0.05, 0) is 48.4 Å². The number of fused-ring (bicyclic) bond motifs is 1. The van der Waals surface area contributed by atoms with Crippen molar-refractivity contribution in [2.45, 2.75) is 6.42 Å². The Morgan fingerprint density at radius 1 is 1.14 bits per heavy atom. The van der Waals surface area contributed by atoms with Gasteiger partial charge in [0.1, 0.15) is 11.6 Å². The quantitative estimate of drug-likeness (QED) is 0.508. The summed E-state index contributed by atoms with van der Waals surface area (Å²) in [4.78, 5) is 15.7. The van der Waals surface area contributed by atoms with E-state index in [-0.39, 0.29) is 0 Å². The smallest absolute Gasteiger partial charge is 0.248 e. The minimum absolute atomic E-state index is 0.449. The van der Waals surface area contributed by atoms with Crippen LogP contribution in [0.1, 0.15) is 15.9 Å². The molecule has 0 atom stereocenters. The fourth-order valence-electron chi connectivity index (χ4n) is 3.13. The van der Waals surface area contributed by atoms with Crippen molar-refractivity contribution in [1.29, 1.82) is 0 Å². The van der Waals surface area contributed by atoms with Gasteiger partial charge in [0.25, 0.3) is 0 Å². The SMILES string of the molecule is COc1cccc(CCNc2ccc3ncc(-c4ccc(C(N)=O)cc4)n3n2)c1. The number of imidazole rings is 1. The average molecular weight is 387 g/mol. The summed E-state index contributed by atoms with van der Waals surface area (Å²) in [6, 6.07) is 18.9. The molecule has 0 radical (unpaired) electrons. The van der Waals surface area contributed by atoms with Gasteiger partial charge in [-0.15, -0.1) is 5.10 Å². The van der Waals surface area contributed by atoms with Crippen molar-refractivity contribution in [1.82, 2.24) is 14.6 Å². The zero-order valence-corrected chi connectivity index (χ0v) is 16.0. The number of benzene rings is 2. The predicted octanol–water partition coefficient (Wildman–Crippen LogP) is 3.16. The molecule has 0 spiro atoms. The molecule has 3 N–H and O–H groups in total. The van der Waals surface area contributed by atoms with Gasteiger partial charge in [0.15, 0.2) is 5.65 Å². The van der Waals surface area contributed by atoms with Gasteiger partial charge < -0.3 is 15.8 Å². The second-order valence-electron chi connectivity index (χ2n) is 6.60. The van der Waals surface area contributed by atoms with Crippen molar-refractivity contribution in [3.63, 3.8) is 0 Å². The molecule has 0 saturated heterocycles. The van der Waals surface area contributed by atoms with Crippen molar-refractivity contribution in [2.75, 3.05) is 19.0 Å². The van der Waals surface area contributed by atoms with E-state index >= 15 is 0 Å². The highest BCUT2D eigenvalue weighted by Gasteiger charge is 2.09. The summed E-state index contributed by atoms with van der Waals surface area (Å²) < 4.78 is 7.05. The van der Waals surface area contributed by atoms with Crippen LogP contribution in [0.4, 0.5) is 5.82 Å². The Morgan fingerprint density at radius 3 is 2.72 bits per heavy atom. The van der Waals surface area contributed by atoms with Crippen LogP contribution in [0.3, 0.4) is 0 Å². The Bertz CT molecular complexity index is 1150. The Balaban J connectivity index is 1.51. The summed E-state index contributed by atoms with van der Waals surface area (Å²) in [5.41, 5.74) is 9.47. The molecule has 7 heteroatoms. The number of aromatic nitrogens is 3. The van der Waals surface area contributed by atoms with E-state index in [1.165, 1.54) is 5.56 Å². The molecule has 0 unspecified atom stereocenters. The van der Waals surface area contributed by atoms with Crippen molar-refractivity contribution < 1.29 is 9.53 Å². The minimum atomic E-state index is -0.449. The van der Waals surface area contributed by atoms with E-state index in [1.54, 1.807) is 30.0 Å². The first kappa shape index (κ1) is 18.5. The number of rotatable bonds is 7. The normalized spacial score (nSPS) is 10.8. The highest BCUT2D eigenvalue weighted by atomic mass is 16.5. The predicted molar refractivity (Wildman–Crippen MR) is 112 cm³/mol. The molecule has 0 aliphatic heterocycles. The van der Waals surface area contributed by atoms with E-state index in [0.717, 1.165) is 41.4 Å². The number of amides is 1. The van der Waals surface area contributed by atoms with Gasteiger partial charge >= 0.3 is 0 Å². The third-order valence-electron chi connectivity index (χ3n) is 4.68. The lowest BCUT2D eigenvalue weighted by Crippen LogP contribution is -2.10. The largest absolute Gasteiger partial charge is 0.497 e. The zero-order chi connectivity index (χ0) is 20.2. The van der Waals surface area contributed by atoms with Crippen LogP contribution in [0.15, 0.2) is 66.9 Å². The molecular weight excluding hydrogens is 366 g/mol. The van der Waals surface area contributed by atoms with E-state index in [9.17, 15) is 4.79 Å². The van der Waals surface area contributed by atoms with Gasteiger partial charge in [0.2, 0.25) is 5.91 Å². The molecule has 0 saturated carbocycles. The summed E-state index contributed by atoms with van der Waals surface area (Å²) in [6.45, 7) is 0.739. The van der Waals surface area contributed by atoms with Crippen LogP contribution < -0.4 is 15.8 Å². The molecule has 2 aromatic carbocycles. The Morgan fingerprint density at radius 2 is 1.97 bits per heavy atom. The molecule has 2 heterocycles. The van der Waals surface area contributed by atoms with Crippen molar-refractivity contribution >= 4 is 17.4 Å². The number of hydrogen-bond donors (Lipinski definition) is 2. The number of nitrogens with zero attached hydrogens (tertiary/aromatic N) is 3. The van der Waals surface area contributed by atoms with E-state index in [1.807, 2.05) is 42.5 Å². The van der Waals surface area contributed by atoms with Gasteiger partial charge in [0.05, 0.1) is 19.0 Å². The number of carbonyl (C=O) groups excluding carboxylic acids is 1. The fraction of sp³-hybridized carbons (Fsp3) is 0.136. The van der Waals surface area contributed by atoms with Gasteiger partial charge in [-0.3, -0.25) is 4.79 Å². The topological polar surface area (TPSA) is 94.5 Å². The van der Waals surface area contributed by atoms with Crippen molar-refractivity contribution in [2.24, 2.45) is 5.73 Å². The second-order valence-corrected chi connectivity index (χ2v) is 6.60. The third kappa shape index (κ3) is 4.03. The molecule has 4 rings (SSSR count). The number of ether oxygens (including phenoxy) is 1. The maximum Gasteiger partial charge on any atom is 0.248 e. The fourth-order valence-corrected chi connectivity index (χ4v) is 3.13. The van der Waals surface area contributed by atoms with E-state index in [4.69, 9.17) is 10.5 Å². The lowest BCUT2D eigenvalue weighted by molar-refractivity contribution is 0.100. The lowest BCUT2D eigenvalue weighted by atomic mass is 10.1. The number of carbonyl (C=O) groups is 1. The first-order valence-electron chi connectivity index (χ1n) is 9.26. The highest BCUT2D eigenvalue weighted by molar-refractivity contribution is 5.93. The lowest BCUT2D eigenvalue weighted by Gasteiger charge is -2.08. The van der Waals surface area contributed by atoms with Crippen LogP contribution in [-0.4, -0.2) is 34.2 Å². The van der Waals surface area contributed by atoms with Gasteiger partial charge in [0, 0.05) is 17.7 Å². The number of methoxy groups -OCH3 is 1. The number of nitrogens with one attached hydrogen (secondary N) is 1. The monoisotopic (exact) mass is 387 g/mol. The van der Waals surface area contributed by atoms with E-state index < -0.39 is 5.91 Å².